The first kappa shape index (κ1) is 15.5. The van der Waals surface area contributed by atoms with Crippen molar-refractivity contribution in [3.8, 4) is 0 Å². The van der Waals surface area contributed by atoms with Gasteiger partial charge in [0, 0.05) is 6.61 Å². The molecule has 1 aliphatic heterocycles. The van der Waals surface area contributed by atoms with E-state index in [9.17, 15) is 9.59 Å². The zero-order valence-electron chi connectivity index (χ0n) is 9.90. The number of carbonyl (C=O) groups is 2. The topological polar surface area (TPSA) is 61.8 Å². The number of hydrogen-bond acceptors (Lipinski definition) is 5. The predicted molar refractivity (Wildman–Crippen MR) is 65.6 cm³/mol. The molecular weight excluding hydrogens is 283 g/mol. The second-order valence-electron chi connectivity index (χ2n) is 3.89. The smallest absolute Gasteiger partial charge is 0.306 e. The number of esters is 2. The maximum atomic E-state index is 11.3. The molecule has 1 atom stereocenters. The van der Waals surface area contributed by atoms with Gasteiger partial charge in [0.25, 0.3) is 0 Å². The Hall–Kier alpha value is -0.520. The fraction of sp³-hybridized carbons (Fsp3) is 0.818. The van der Waals surface area contributed by atoms with Crippen LogP contribution in [0, 0.1) is 0 Å². The van der Waals surface area contributed by atoms with Crippen molar-refractivity contribution in [2.24, 2.45) is 0 Å². The van der Waals surface area contributed by atoms with Gasteiger partial charge in [-0.1, -0.05) is 0 Å². The van der Waals surface area contributed by atoms with E-state index >= 15 is 0 Å². The van der Waals surface area contributed by atoms with Gasteiger partial charge in [-0.2, -0.15) is 0 Å². The molecule has 0 radical (unpaired) electrons. The summed E-state index contributed by atoms with van der Waals surface area (Å²) in [5.74, 6) is -0.953. The third-order valence-corrected chi connectivity index (χ3v) is 2.61. The van der Waals surface area contributed by atoms with Crippen molar-refractivity contribution in [2.75, 3.05) is 19.8 Å². The van der Waals surface area contributed by atoms with E-state index in [0.29, 0.717) is 6.61 Å². The normalized spacial score (nSPS) is 18.9. The summed E-state index contributed by atoms with van der Waals surface area (Å²) in [7, 11) is 0. The average Bonchev–Trinajstić information content (AvgIpc) is 2.84. The lowest BCUT2D eigenvalue weighted by Crippen LogP contribution is -2.19. The van der Waals surface area contributed by atoms with Crippen LogP contribution in [-0.4, -0.2) is 42.7 Å². The molecule has 1 rings (SSSR count). The van der Waals surface area contributed by atoms with Crippen LogP contribution in [0.4, 0.5) is 0 Å². The Morgan fingerprint density at radius 3 is 2.44 bits per heavy atom. The van der Waals surface area contributed by atoms with Crippen molar-refractivity contribution in [3.05, 3.63) is 0 Å². The third-order valence-electron chi connectivity index (χ3n) is 2.36. The molecule has 0 spiro atoms. The van der Waals surface area contributed by atoms with Gasteiger partial charge in [-0.15, -0.1) is 23.2 Å². The van der Waals surface area contributed by atoms with Crippen LogP contribution < -0.4 is 0 Å². The average molecular weight is 299 g/mol. The zero-order valence-corrected chi connectivity index (χ0v) is 11.4. The summed E-state index contributed by atoms with van der Waals surface area (Å²) in [5.41, 5.74) is 0. The van der Waals surface area contributed by atoms with Gasteiger partial charge in [0.2, 0.25) is 0 Å². The highest BCUT2D eigenvalue weighted by atomic mass is 35.5. The predicted octanol–water partition coefficient (Wildman–Crippen LogP) is 1.84. The SMILES string of the molecule is O=C(CCC(=O)OCC1CCCO1)OCC(Cl)Cl. The van der Waals surface area contributed by atoms with Crippen LogP contribution in [0.1, 0.15) is 25.7 Å². The van der Waals surface area contributed by atoms with Gasteiger partial charge in [0.1, 0.15) is 18.1 Å². The van der Waals surface area contributed by atoms with E-state index in [1.807, 2.05) is 0 Å². The van der Waals surface area contributed by atoms with Crippen molar-refractivity contribution in [1.29, 1.82) is 0 Å². The van der Waals surface area contributed by atoms with Crippen LogP contribution in [0.25, 0.3) is 0 Å². The molecule has 0 aromatic rings. The van der Waals surface area contributed by atoms with Gasteiger partial charge >= 0.3 is 11.9 Å². The molecule has 0 aromatic carbocycles. The molecule has 0 bridgehead atoms. The highest BCUT2D eigenvalue weighted by molar-refractivity contribution is 6.44. The Kier molecular flexibility index (Phi) is 7.39. The lowest BCUT2D eigenvalue weighted by Gasteiger charge is -2.10. The molecular formula is C11H16Cl2O5. The molecule has 0 aromatic heterocycles. The van der Waals surface area contributed by atoms with Gasteiger partial charge in [-0.3, -0.25) is 9.59 Å². The molecule has 7 heteroatoms. The number of halogens is 2. The van der Waals surface area contributed by atoms with Gasteiger partial charge in [-0.05, 0) is 12.8 Å². The standard InChI is InChI=1S/C11H16Cl2O5/c12-9(13)7-18-11(15)4-3-10(14)17-6-8-2-1-5-16-8/h8-9H,1-7H2. The quantitative estimate of drug-likeness (QED) is 0.530. The summed E-state index contributed by atoms with van der Waals surface area (Å²) < 4.78 is 15.0. The number of ether oxygens (including phenoxy) is 3. The molecule has 1 aliphatic rings. The number of carbonyl (C=O) groups excluding carboxylic acids is 2. The summed E-state index contributed by atoms with van der Waals surface area (Å²) in [6.07, 6.45) is 1.84. The second kappa shape index (κ2) is 8.56. The molecule has 5 nitrogen and oxygen atoms in total. The minimum Gasteiger partial charge on any atom is -0.463 e. The van der Waals surface area contributed by atoms with Crippen molar-refractivity contribution < 1.29 is 23.8 Å². The van der Waals surface area contributed by atoms with E-state index in [1.54, 1.807) is 0 Å². The Labute approximate surface area is 116 Å². The lowest BCUT2D eigenvalue weighted by molar-refractivity contribution is -0.152. The van der Waals surface area contributed by atoms with Gasteiger partial charge in [0.05, 0.1) is 18.9 Å². The second-order valence-corrected chi connectivity index (χ2v) is 5.17. The molecule has 0 N–H and O–H groups in total. The highest BCUT2D eigenvalue weighted by Crippen LogP contribution is 2.12. The lowest BCUT2D eigenvalue weighted by atomic mass is 10.2. The minimum absolute atomic E-state index is 0.00541. The third kappa shape index (κ3) is 7.03. The Balaban J connectivity index is 2.03. The largest absolute Gasteiger partial charge is 0.463 e. The van der Waals surface area contributed by atoms with Crippen LogP contribution in [0.15, 0.2) is 0 Å². The fourth-order valence-electron chi connectivity index (χ4n) is 1.47. The molecule has 0 aliphatic carbocycles. The summed E-state index contributed by atoms with van der Waals surface area (Å²) in [4.78, 5) is 21.7. The van der Waals surface area contributed by atoms with E-state index in [0.717, 1.165) is 12.8 Å². The Bertz CT molecular complexity index is 277. The molecule has 1 heterocycles. The summed E-state index contributed by atoms with van der Waals surface area (Å²) in [5, 5.41) is 0. The van der Waals surface area contributed by atoms with Crippen LogP contribution in [0.3, 0.4) is 0 Å². The van der Waals surface area contributed by atoms with E-state index in [1.165, 1.54) is 0 Å². The Morgan fingerprint density at radius 1 is 1.22 bits per heavy atom. The summed E-state index contributed by atoms with van der Waals surface area (Å²) >= 11 is 10.8. The molecule has 1 fully saturated rings. The maximum absolute atomic E-state index is 11.3. The zero-order chi connectivity index (χ0) is 13.4. The first-order valence-electron chi connectivity index (χ1n) is 5.79. The maximum Gasteiger partial charge on any atom is 0.306 e. The van der Waals surface area contributed by atoms with Crippen molar-refractivity contribution in [3.63, 3.8) is 0 Å². The monoisotopic (exact) mass is 298 g/mol. The first-order chi connectivity index (χ1) is 8.58. The fourth-order valence-corrected chi connectivity index (χ4v) is 1.59. The molecule has 0 amide bonds. The van der Waals surface area contributed by atoms with Crippen molar-refractivity contribution in [1.82, 2.24) is 0 Å². The van der Waals surface area contributed by atoms with Crippen LogP contribution in [-0.2, 0) is 23.8 Å². The summed E-state index contributed by atoms with van der Waals surface area (Å²) in [6, 6.07) is 0. The van der Waals surface area contributed by atoms with Gasteiger partial charge < -0.3 is 14.2 Å². The first-order valence-corrected chi connectivity index (χ1v) is 6.66. The van der Waals surface area contributed by atoms with Crippen molar-refractivity contribution in [2.45, 2.75) is 36.6 Å². The van der Waals surface area contributed by atoms with E-state index in [-0.39, 0.29) is 32.2 Å². The number of hydrogen-bond donors (Lipinski definition) is 0. The van der Waals surface area contributed by atoms with Crippen LogP contribution >= 0.6 is 23.2 Å². The summed E-state index contributed by atoms with van der Waals surface area (Å²) in [6.45, 7) is 0.888. The Morgan fingerprint density at radius 2 is 1.89 bits per heavy atom. The molecule has 18 heavy (non-hydrogen) atoms. The highest BCUT2D eigenvalue weighted by Gasteiger charge is 2.18. The van der Waals surface area contributed by atoms with E-state index in [4.69, 9.17) is 37.4 Å². The number of rotatable bonds is 7. The van der Waals surface area contributed by atoms with E-state index < -0.39 is 16.8 Å². The molecule has 1 unspecified atom stereocenters. The van der Waals surface area contributed by atoms with Crippen LogP contribution in [0.2, 0.25) is 0 Å². The molecule has 104 valence electrons. The van der Waals surface area contributed by atoms with Crippen molar-refractivity contribution >= 4 is 35.1 Å². The minimum atomic E-state index is -0.750. The molecule has 1 saturated heterocycles. The van der Waals surface area contributed by atoms with E-state index in [2.05, 4.69) is 0 Å². The number of alkyl halides is 2. The van der Waals surface area contributed by atoms with Crippen LogP contribution in [0.5, 0.6) is 0 Å². The van der Waals surface area contributed by atoms with Gasteiger partial charge in [-0.25, -0.2) is 0 Å². The van der Waals surface area contributed by atoms with Gasteiger partial charge in [0.15, 0.2) is 0 Å². The molecule has 0 saturated carbocycles.